The highest BCUT2D eigenvalue weighted by molar-refractivity contribution is 5.19. The highest BCUT2D eigenvalue weighted by Gasteiger charge is 2.19. The summed E-state index contributed by atoms with van der Waals surface area (Å²) in [6, 6.07) is 11.1. The standard InChI is InChI=1S/C17H26N4/c1-4-20(5-2)17(15-9-7-6-8-10-15)13-21-14-19-12-16(21)11-18-3/h6-10,12,14,17-18H,4-5,11,13H2,1-3H3. The van der Waals surface area contributed by atoms with E-state index in [0.29, 0.717) is 6.04 Å². The fourth-order valence-corrected chi connectivity index (χ4v) is 2.80. The Labute approximate surface area is 127 Å². The van der Waals surface area contributed by atoms with E-state index in [9.17, 15) is 0 Å². The lowest BCUT2D eigenvalue weighted by Crippen LogP contribution is -2.32. The molecule has 0 fully saturated rings. The Kier molecular flexibility index (Phi) is 5.96. The smallest absolute Gasteiger partial charge is 0.0949 e. The van der Waals surface area contributed by atoms with Crippen molar-refractivity contribution in [2.24, 2.45) is 0 Å². The second kappa shape index (κ2) is 7.96. The van der Waals surface area contributed by atoms with Crippen molar-refractivity contribution < 1.29 is 0 Å². The van der Waals surface area contributed by atoms with Crippen molar-refractivity contribution in [1.29, 1.82) is 0 Å². The van der Waals surface area contributed by atoms with E-state index in [2.05, 4.69) is 63.9 Å². The average Bonchev–Trinajstić information content (AvgIpc) is 2.96. The number of nitrogens with one attached hydrogen (secondary N) is 1. The van der Waals surface area contributed by atoms with Crippen LogP contribution in [0.25, 0.3) is 0 Å². The van der Waals surface area contributed by atoms with Crippen molar-refractivity contribution in [3.63, 3.8) is 0 Å². The minimum absolute atomic E-state index is 0.381. The van der Waals surface area contributed by atoms with E-state index >= 15 is 0 Å². The molecule has 0 saturated heterocycles. The Hall–Kier alpha value is -1.65. The highest BCUT2D eigenvalue weighted by atomic mass is 15.2. The summed E-state index contributed by atoms with van der Waals surface area (Å²) < 4.78 is 2.26. The Morgan fingerprint density at radius 1 is 1.19 bits per heavy atom. The van der Waals surface area contributed by atoms with Crippen molar-refractivity contribution >= 4 is 0 Å². The molecular weight excluding hydrogens is 260 g/mol. The van der Waals surface area contributed by atoms with E-state index in [0.717, 1.165) is 26.2 Å². The predicted octanol–water partition coefficient (Wildman–Crippen LogP) is 2.69. The van der Waals surface area contributed by atoms with Crippen molar-refractivity contribution in [1.82, 2.24) is 19.8 Å². The van der Waals surface area contributed by atoms with Crippen LogP contribution in [0.5, 0.6) is 0 Å². The summed E-state index contributed by atoms with van der Waals surface area (Å²) in [7, 11) is 1.97. The first-order valence-corrected chi connectivity index (χ1v) is 7.72. The largest absolute Gasteiger partial charge is 0.331 e. The van der Waals surface area contributed by atoms with E-state index in [4.69, 9.17) is 0 Å². The van der Waals surface area contributed by atoms with Gasteiger partial charge in [0.25, 0.3) is 0 Å². The van der Waals surface area contributed by atoms with Gasteiger partial charge in [0, 0.05) is 19.3 Å². The quantitative estimate of drug-likeness (QED) is 0.810. The molecule has 1 aromatic carbocycles. The normalized spacial score (nSPS) is 12.8. The molecular formula is C17H26N4. The third-order valence-corrected chi connectivity index (χ3v) is 3.96. The molecule has 0 spiro atoms. The van der Waals surface area contributed by atoms with E-state index in [-0.39, 0.29) is 0 Å². The van der Waals surface area contributed by atoms with Crippen LogP contribution < -0.4 is 5.32 Å². The van der Waals surface area contributed by atoms with Gasteiger partial charge in [-0.25, -0.2) is 4.98 Å². The van der Waals surface area contributed by atoms with Crippen LogP contribution in [0.1, 0.15) is 31.1 Å². The summed E-state index contributed by atoms with van der Waals surface area (Å²) in [5.41, 5.74) is 2.59. The molecule has 0 aliphatic rings. The fourth-order valence-electron chi connectivity index (χ4n) is 2.80. The molecule has 21 heavy (non-hydrogen) atoms. The van der Waals surface area contributed by atoms with Crippen LogP contribution in [0.3, 0.4) is 0 Å². The van der Waals surface area contributed by atoms with Gasteiger partial charge in [-0.05, 0) is 25.7 Å². The molecule has 1 atom stereocenters. The molecule has 2 rings (SSSR count). The van der Waals surface area contributed by atoms with Crippen LogP contribution in [0.15, 0.2) is 42.9 Å². The molecule has 0 bridgehead atoms. The summed E-state index contributed by atoms with van der Waals surface area (Å²) in [6.45, 7) is 8.32. The van der Waals surface area contributed by atoms with Crippen LogP contribution in [-0.2, 0) is 13.1 Å². The first-order chi connectivity index (χ1) is 10.3. The number of benzene rings is 1. The number of hydrogen-bond acceptors (Lipinski definition) is 3. The Morgan fingerprint density at radius 3 is 2.52 bits per heavy atom. The second-order valence-corrected chi connectivity index (χ2v) is 5.22. The molecule has 1 heterocycles. The lowest BCUT2D eigenvalue weighted by atomic mass is 10.0. The van der Waals surface area contributed by atoms with Crippen molar-refractivity contribution in [3.8, 4) is 0 Å². The van der Waals surface area contributed by atoms with Crippen LogP contribution in [-0.4, -0.2) is 34.6 Å². The van der Waals surface area contributed by atoms with E-state index in [1.807, 2.05) is 19.6 Å². The molecule has 114 valence electrons. The molecule has 0 aliphatic carbocycles. The number of likely N-dealkylation sites (N-methyl/N-ethyl adjacent to an activating group) is 1. The zero-order chi connectivity index (χ0) is 15.1. The summed E-state index contributed by atoms with van der Waals surface area (Å²) in [6.07, 6.45) is 3.88. The lowest BCUT2D eigenvalue weighted by molar-refractivity contribution is 0.196. The molecule has 2 aromatic rings. The maximum absolute atomic E-state index is 4.30. The fraction of sp³-hybridized carbons (Fsp3) is 0.471. The third-order valence-electron chi connectivity index (χ3n) is 3.96. The lowest BCUT2D eigenvalue weighted by Gasteiger charge is -2.31. The Balaban J connectivity index is 2.25. The molecule has 0 radical (unpaired) electrons. The van der Waals surface area contributed by atoms with Gasteiger partial charge in [0.1, 0.15) is 0 Å². The van der Waals surface area contributed by atoms with Crippen LogP contribution in [0.2, 0.25) is 0 Å². The zero-order valence-electron chi connectivity index (χ0n) is 13.3. The minimum Gasteiger partial charge on any atom is -0.331 e. The van der Waals surface area contributed by atoms with E-state index < -0.39 is 0 Å². The highest BCUT2D eigenvalue weighted by Crippen LogP contribution is 2.23. The summed E-state index contributed by atoms with van der Waals surface area (Å²) >= 11 is 0. The summed E-state index contributed by atoms with van der Waals surface area (Å²) in [5, 5.41) is 3.21. The van der Waals surface area contributed by atoms with Crippen LogP contribution >= 0.6 is 0 Å². The monoisotopic (exact) mass is 286 g/mol. The zero-order valence-corrected chi connectivity index (χ0v) is 13.3. The minimum atomic E-state index is 0.381. The van der Waals surface area contributed by atoms with Gasteiger partial charge in [-0.1, -0.05) is 44.2 Å². The Bertz CT molecular complexity index is 517. The van der Waals surface area contributed by atoms with Gasteiger partial charge in [0.2, 0.25) is 0 Å². The molecule has 4 nitrogen and oxygen atoms in total. The van der Waals surface area contributed by atoms with E-state index in [1.165, 1.54) is 11.3 Å². The molecule has 0 aliphatic heterocycles. The van der Waals surface area contributed by atoms with Crippen molar-refractivity contribution in [3.05, 3.63) is 54.1 Å². The number of aromatic nitrogens is 2. The van der Waals surface area contributed by atoms with E-state index in [1.54, 1.807) is 0 Å². The van der Waals surface area contributed by atoms with Gasteiger partial charge in [-0.3, -0.25) is 4.90 Å². The summed E-state index contributed by atoms with van der Waals surface area (Å²) in [5.74, 6) is 0. The number of rotatable bonds is 8. The first-order valence-electron chi connectivity index (χ1n) is 7.72. The van der Waals surface area contributed by atoms with Gasteiger partial charge in [0.05, 0.1) is 18.1 Å². The van der Waals surface area contributed by atoms with Crippen LogP contribution in [0.4, 0.5) is 0 Å². The maximum Gasteiger partial charge on any atom is 0.0949 e. The van der Waals surface area contributed by atoms with Gasteiger partial charge in [-0.2, -0.15) is 0 Å². The van der Waals surface area contributed by atoms with Crippen molar-refractivity contribution in [2.45, 2.75) is 33.0 Å². The predicted molar refractivity (Wildman–Crippen MR) is 87.1 cm³/mol. The molecule has 4 heteroatoms. The maximum atomic E-state index is 4.30. The number of imidazole rings is 1. The van der Waals surface area contributed by atoms with Crippen LogP contribution in [0, 0.1) is 0 Å². The van der Waals surface area contributed by atoms with Gasteiger partial charge in [0.15, 0.2) is 0 Å². The molecule has 0 saturated carbocycles. The Morgan fingerprint density at radius 2 is 1.90 bits per heavy atom. The first kappa shape index (κ1) is 15.7. The number of hydrogen-bond donors (Lipinski definition) is 1. The molecule has 1 unspecified atom stereocenters. The molecule has 1 aromatic heterocycles. The van der Waals surface area contributed by atoms with Gasteiger partial charge < -0.3 is 9.88 Å². The SMILES string of the molecule is CCN(CC)C(Cn1cncc1CNC)c1ccccc1. The third kappa shape index (κ3) is 3.93. The second-order valence-electron chi connectivity index (χ2n) is 5.22. The van der Waals surface area contributed by atoms with Crippen molar-refractivity contribution in [2.75, 3.05) is 20.1 Å². The molecule has 0 amide bonds. The number of nitrogens with zero attached hydrogens (tertiary/aromatic N) is 3. The van der Waals surface area contributed by atoms with Gasteiger partial charge in [-0.15, -0.1) is 0 Å². The summed E-state index contributed by atoms with van der Waals surface area (Å²) in [4.78, 5) is 6.80. The average molecular weight is 286 g/mol. The van der Waals surface area contributed by atoms with Gasteiger partial charge >= 0.3 is 0 Å². The topological polar surface area (TPSA) is 33.1 Å². The molecule has 1 N–H and O–H groups in total.